The van der Waals surface area contributed by atoms with Crippen LogP contribution in [-0.2, 0) is 4.79 Å². The standard InChI is InChI=1S/C21H20N4O2S/c1-2-27-15-7-5-13(6-8-15)20-19-16(24-21-22-12-23-25(20)21)10-14(11-17(19)26)18-4-3-9-28-18/h3-9,12,14,20H,2,10-11H2,1H3,(H,22,23,24)/t14-,20+/m0/s1. The van der Waals surface area contributed by atoms with Crippen LogP contribution in [0.2, 0.25) is 0 Å². The zero-order valence-electron chi connectivity index (χ0n) is 15.5. The molecule has 2 aliphatic rings. The van der Waals surface area contributed by atoms with Gasteiger partial charge in [-0.05, 0) is 42.5 Å². The van der Waals surface area contributed by atoms with Crippen molar-refractivity contribution in [2.24, 2.45) is 0 Å². The van der Waals surface area contributed by atoms with Gasteiger partial charge in [-0.3, -0.25) is 4.79 Å². The number of fused-ring (bicyclic) bond motifs is 1. The lowest BCUT2D eigenvalue weighted by molar-refractivity contribution is -0.116. The first-order valence-electron chi connectivity index (χ1n) is 9.43. The highest BCUT2D eigenvalue weighted by atomic mass is 32.1. The Kier molecular flexibility index (Phi) is 4.24. The van der Waals surface area contributed by atoms with E-state index < -0.39 is 0 Å². The van der Waals surface area contributed by atoms with Crippen LogP contribution < -0.4 is 10.1 Å². The Morgan fingerprint density at radius 2 is 2.11 bits per heavy atom. The molecule has 0 saturated carbocycles. The number of nitrogens with one attached hydrogen (secondary N) is 1. The summed E-state index contributed by atoms with van der Waals surface area (Å²) in [6.07, 6.45) is 2.87. The average Bonchev–Trinajstić information content (AvgIpc) is 3.39. The molecule has 28 heavy (non-hydrogen) atoms. The maximum absolute atomic E-state index is 13.2. The van der Waals surface area contributed by atoms with E-state index in [2.05, 4.69) is 26.8 Å². The van der Waals surface area contributed by atoms with E-state index in [9.17, 15) is 4.79 Å². The van der Waals surface area contributed by atoms with Crippen molar-refractivity contribution < 1.29 is 9.53 Å². The van der Waals surface area contributed by atoms with E-state index in [0.717, 1.165) is 29.0 Å². The number of Topliss-reactive ketones (excluding diaryl/α,β-unsaturated/α-hetero) is 1. The van der Waals surface area contributed by atoms with E-state index in [0.29, 0.717) is 19.0 Å². The highest BCUT2D eigenvalue weighted by molar-refractivity contribution is 7.10. The predicted molar refractivity (Wildman–Crippen MR) is 108 cm³/mol. The second-order valence-electron chi connectivity index (χ2n) is 6.99. The summed E-state index contributed by atoms with van der Waals surface area (Å²) in [6.45, 7) is 2.59. The number of allylic oxidation sites excluding steroid dienone is 2. The summed E-state index contributed by atoms with van der Waals surface area (Å²) in [5.74, 6) is 1.89. The Bertz CT molecular complexity index is 1040. The fourth-order valence-corrected chi connectivity index (χ4v) is 4.93. The maximum Gasteiger partial charge on any atom is 0.226 e. The lowest BCUT2D eigenvalue weighted by atomic mass is 9.80. The van der Waals surface area contributed by atoms with Gasteiger partial charge in [-0.2, -0.15) is 10.1 Å². The average molecular weight is 392 g/mol. The van der Waals surface area contributed by atoms with E-state index >= 15 is 0 Å². The molecular weight excluding hydrogens is 372 g/mol. The second-order valence-corrected chi connectivity index (χ2v) is 7.97. The van der Waals surface area contributed by atoms with Crippen molar-refractivity contribution in [3.8, 4) is 5.75 Å². The minimum atomic E-state index is -0.263. The summed E-state index contributed by atoms with van der Waals surface area (Å²) >= 11 is 1.71. The number of benzene rings is 1. The fourth-order valence-electron chi connectivity index (χ4n) is 4.10. The van der Waals surface area contributed by atoms with Crippen molar-refractivity contribution in [3.63, 3.8) is 0 Å². The van der Waals surface area contributed by atoms with Gasteiger partial charge >= 0.3 is 0 Å². The topological polar surface area (TPSA) is 69.0 Å². The zero-order valence-corrected chi connectivity index (χ0v) is 16.3. The lowest BCUT2D eigenvalue weighted by Crippen LogP contribution is -2.33. The van der Waals surface area contributed by atoms with E-state index in [1.54, 1.807) is 16.0 Å². The maximum atomic E-state index is 13.2. The van der Waals surface area contributed by atoms with Gasteiger partial charge in [0, 0.05) is 28.5 Å². The predicted octanol–water partition coefficient (Wildman–Crippen LogP) is 4.15. The molecule has 1 N–H and O–H groups in total. The SMILES string of the molecule is CCOc1ccc([C@@H]2C3=C(C[C@H](c4cccs4)CC3=O)Nc3ncnn32)cc1. The van der Waals surface area contributed by atoms with Crippen LogP contribution >= 0.6 is 11.3 Å². The van der Waals surface area contributed by atoms with E-state index in [1.165, 1.54) is 11.2 Å². The minimum Gasteiger partial charge on any atom is -0.494 e. The van der Waals surface area contributed by atoms with Gasteiger partial charge < -0.3 is 10.1 Å². The summed E-state index contributed by atoms with van der Waals surface area (Å²) < 4.78 is 7.36. The molecule has 2 aromatic heterocycles. The Balaban J connectivity index is 1.56. The van der Waals surface area contributed by atoms with E-state index in [-0.39, 0.29) is 17.7 Å². The second kappa shape index (κ2) is 6.91. The highest BCUT2D eigenvalue weighted by Gasteiger charge is 2.39. The van der Waals surface area contributed by atoms with Crippen LogP contribution in [0.15, 0.2) is 59.4 Å². The van der Waals surface area contributed by atoms with Crippen molar-refractivity contribution >= 4 is 23.1 Å². The molecule has 1 aliphatic heterocycles. The first-order valence-corrected chi connectivity index (χ1v) is 10.3. The molecule has 3 heterocycles. The molecule has 2 atom stereocenters. The van der Waals surface area contributed by atoms with Crippen LogP contribution in [0.25, 0.3) is 0 Å². The summed E-state index contributed by atoms with van der Waals surface area (Å²) in [5, 5.41) is 9.82. The molecular formula is C21H20N4O2S. The van der Waals surface area contributed by atoms with Crippen LogP contribution in [0.5, 0.6) is 5.75 Å². The van der Waals surface area contributed by atoms with Crippen LogP contribution in [0.3, 0.4) is 0 Å². The minimum absolute atomic E-state index is 0.173. The van der Waals surface area contributed by atoms with E-state index in [4.69, 9.17) is 4.74 Å². The number of nitrogens with zero attached hydrogens (tertiary/aromatic N) is 3. The number of aromatic nitrogens is 3. The molecule has 0 unspecified atom stereocenters. The molecule has 0 saturated heterocycles. The summed E-state index contributed by atoms with van der Waals surface area (Å²) in [4.78, 5) is 18.9. The van der Waals surface area contributed by atoms with Gasteiger partial charge in [-0.25, -0.2) is 4.68 Å². The quantitative estimate of drug-likeness (QED) is 0.722. The summed E-state index contributed by atoms with van der Waals surface area (Å²) in [6, 6.07) is 11.8. The number of thiophene rings is 1. The molecule has 0 radical (unpaired) electrons. The third-order valence-corrected chi connectivity index (χ3v) is 6.35. The number of ether oxygens (including phenoxy) is 1. The van der Waals surface area contributed by atoms with Gasteiger partial charge in [0.15, 0.2) is 5.78 Å². The summed E-state index contributed by atoms with van der Waals surface area (Å²) in [7, 11) is 0. The van der Waals surface area contributed by atoms with Crippen LogP contribution in [0.1, 0.15) is 42.2 Å². The third-order valence-electron chi connectivity index (χ3n) is 5.31. The third kappa shape index (κ3) is 2.82. The fraction of sp³-hybridized carbons (Fsp3) is 0.286. The Labute approximate surface area is 166 Å². The van der Waals surface area contributed by atoms with Crippen molar-refractivity contribution in [3.05, 3.63) is 69.8 Å². The highest BCUT2D eigenvalue weighted by Crippen LogP contribution is 2.44. The molecule has 142 valence electrons. The molecule has 3 aromatic rings. The molecule has 7 heteroatoms. The number of hydrogen-bond donors (Lipinski definition) is 1. The Morgan fingerprint density at radius 1 is 1.25 bits per heavy atom. The first kappa shape index (κ1) is 17.2. The molecule has 0 fully saturated rings. The molecule has 0 amide bonds. The molecule has 0 bridgehead atoms. The number of anilines is 1. The van der Waals surface area contributed by atoms with Crippen molar-refractivity contribution in [2.75, 3.05) is 11.9 Å². The van der Waals surface area contributed by atoms with Gasteiger partial charge in [0.2, 0.25) is 5.95 Å². The zero-order chi connectivity index (χ0) is 19.1. The van der Waals surface area contributed by atoms with Gasteiger partial charge in [0.1, 0.15) is 18.1 Å². The normalized spacial score (nSPS) is 21.1. The lowest BCUT2D eigenvalue weighted by Gasteiger charge is -2.34. The number of carbonyl (C=O) groups excluding carboxylic acids is 1. The van der Waals surface area contributed by atoms with Crippen LogP contribution in [0.4, 0.5) is 5.95 Å². The molecule has 5 rings (SSSR count). The van der Waals surface area contributed by atoms with Gasteiger partial charge in [-0.1, -0.05) is 18.2 Å². The van der Waals surface area contributed by atoms with Gasteiger partial charge in [0.05, 0.1) is 6.61 Å². The monoisotopic (exact) mass is 392 g/mol. The van der Waals surface area contributed by atoms with Crippen molar-refractivity contribution in [1.82, 2.24) is 14.8 Å². The number of ketones is 1. The Morgan fingerprint density at radius 3 is 2.86 bits per heavy atom. The number of hydrogen-bond acceptors (Lipinski definition) is 6. The van der Waals surface area contributed by atoms with Crippen molar-refractivity contribution in [2.45, 2.75) is 31.7 Å². The molecule has 1 aromatic carbocycles. The summed E-state index contributed by atoms with van der Waals surface area (Å²) in [5.41, 5.74) is 2.77. The van der Waals surface area contributed by atoms with Crippen LogP contribution in [-0.4, -0.2) is 27.2 Å². The van der Waals surface area contributed by atoms with E-state index in [1.807, 2.05) is 37.3 Å². The smallest absolute Gasteiger partial charge is 0.226 e. The van der Waals surface area contributed by atoms with Crippen LogP contribution in [0, 0.1) is 0 Å². The number of rotatable bonds is 4. The van der Waals surface area contributed by atoms with Gasteiger partial charge in [0.25, 0.3) is 0 Å². The number of carbonyl (C=O) groups is 1. The molecule has 6 nitrogen and oxygen atoms in total. The largest absolute Gasteiger partial charge is 0.494 e. The first-order chi connectivity index (χ1) is 13.7. The van der Waals surface area contributed by atoms with Crippen molar-refractivity contribution in [1.29, 1.82) is 0 Å². The molecule has 0 spiro atoms. The van der Waals surface area contributed by atoms with Gasteiger partial charge in [-0.15, -0.1) is 11.3 Å². The Hall–Kier alpha value is -2.93. The molecule has 1 aliphatic carbocycles.